The molecule has 0 amide bonds. The zero-order valence-electron chi connectivity index (χ0n) is 12.7. The molecule has 1 aromatic rings. The van der Waals surface area contributed by atoms with Crippen LogP contribution in [-0.2, 0) is 11.3 Å². The second-order valence-electron chi connectivity index (χ2n) is 5.43. The third-order valence-corrected chi connectivity index (χ3v) is 3.75. The summed E-state index contributed by atoms with van der Waals surface area (Å²) in [7, 11) is 0. The predicted molar refractivity (Wildman–Crippen MR) is 78.5 cm³/mol. The minimum Gasteiger partial charge on any atom is -0.480 e. The normalized spacial score (nSPS) is 12.7. The first-order chi connectivity index (χ1) is 8.85. The van der Waals surface area contributed by atoms with Crippen molar-refractivity contribution in [2.75, 3.05) is 6.54 Å². The van der Waals surface area contributed by atoms with Crippen LogP contribution in [0.3, 0.4) is 0 Å². The molecule has 1 unspecified atom stereocenters. The molecule has 1 N–H and O–H groups in total. The highest BCUT2D eigenvalue weighted by atomic mass is 16.4. The first-order valence-corrected chi connectivity index (χ1v) is 6.87. The Balaban J connectivity index is 2.99. The second-order valence-corrected chi connectivity index (χ2v) is 5.43. The molecule has 0 aromatic heterocycles. The first kappa shape index (κ1) is 15.7. The topological polar surface area (TPSA) is 40.5 Å². The molecule has 0 spiro atoms. The fourth-order valence-corrected chi connectivity index (χ4v) is 2.46. The van der Waals surface area contributed by atoms with Gasteiger partial charge in [-0.15, -0.1) is 0 Å². The van der Waals surface area contributed by atoms with Gasteiger partial charge in [-0.2, -0.15) is 0 Å². The van der Waals surface area contributed by atoms with Crippen LogP contribution in [0.15, 0.2) is 12.1 Å². The van der Waals surface area contributed by atoms with E-state index in [4.69, 9.17) is 5.11 Å². The van der Waals surface area contributed by atoms with Gasteiger partial charge in [-0.05, 0) is 50.8 Å². The van der Waals surface area contributed by atoms with Gasteiger partial charge in [-0.1, -0.05) is 24.6 Å². The summed E-state index contributed by atoms with van der Waals surface area (Å²) in [6.07, 6.45) is 0.956. The molecule has 0 saturated carbocycles. The fraction of sp³-hybridized carbons (Fsp3) is 0.562. The molecule has 0 fully saturated rings. The number of aliphatic carboxylic acids is 1. The molecule has 0 aliphatic carbocycles. The third kappa shape index (κ3) is 4.35. The monoisotopic (exact) mass is 263 g/mol. The van der Waals surface area contributed by atoms with Crippen LogP contribution in [0.1, 0.15) is 42.5 Å². The van der Waals surface area contributed by atoms with E-state index in [2.05, 4.69) is 46.8 Å². The summed E-state index contributed by atoms with van der Waals surface area (Å²) in [6, 6.07) is 4.60. The van der Waals surface area contributed by atoms with Gasteiger partial charge < -0.3 is 5.11 Å². The molecule has 19 heavy (non-hydrogen) atoms. The molecule has 0 radical (unpaired) electrons. The smallest absolute Gasteiger partial charge is 0.317 e. The van der Waals surface area contributed by atoms with Crippen LogP contribution in [0, 0.1) is 20.8 Å². The van der Waals surface area contributed by atoms with Gasteiger partial charge in [0.25, 0.3) is 0 Å². The highest BCUT2D eigenvalue weighted by Gasteiger charge is 2.17. The number of carboxylic acids is 1. The van der Waals surface area contributed by atoms with E-state index >= 15 is 0 Å². The van der Waals surface area contributed by atoms with E-state index in [1.54, 1.807) is 0 Å². The number of benzene rings is 1. The van der Waals surface area contributed by atoms with Crippen LogP contribution < -0.4 is 0 Å². The summed E-state index contributed by atoms with van der Waals surface area (Å²) in [5.41, 5.74) is 5.01. The van der Waals surface area contributed by atoms with E-state index in [1.165, 1.54) is 22.3 Å². The van der Waals surface area contributed by atoms with Crippen molar-refractivity contribution in [1.29, 1.82) is 0 Å². The Morgan fingerprint density at radius 3 is 2.21 bits per heavy atom. The molecular formula is C16H25NO2. The van der Waals surface area contributed by atoms with Gasteiger partial charge in [0.05, 0.1) is 6.54 Å². The average molecular weight is 263 g/mol. The molecule has 0 aliphatic heterocycles. The van der Waals surface area contributed by atoms with Gasteiger partial charge in [0.2, 0.25) is 0 Å². The summed E-state index contributed by atoms with van der Waals surface area (Å²) in [4.78, 5) is 13.0. The van der Waals surface area contributed by atoms with Gasteiger partial charge in [0.1, 0.15) is 0 Å². The average Bonchev–Trinajstić information content (AvgIpc) is 2.30. The number of rotatable bonds is 6. The summed E-state index contributed by atoms with van der Waals surface area (Å²) in [6.45, 7) is 11.3. The molecule has 1 aromatic carbocycles. The summed E-state index contributed by atoms with van der Waals surface area (Å²) in [5, 5.41) is 9.05. The second kappa shape index (κ2) is 6.71. The molecule has 1 rings (SSSR count). The number of carbonyl (C=O) groups is 1. The van der Waals surface area contributed by atoms with Crippen LogP contribution in [-0.4, -0.2) is 28.6 Å². The van der Waals surface area contributed by atoms with Crippen LogP contribution in [0.4, 0.5) is 0 Å². The van der Waals surface area contributed by atoms with Gasteiger partial charge in [0, 0.05) is 12.6 Å². The maximum Gasteiger partial charge on any atom is 0.317 e. The molecule has 0 saturated heterocycles. The number of hydrogen-bond acceptors (Lipinski definition) is 2. The number of carboxylic acid groups (broad SMARTS) is 1. The largest absolute Gasteiger partial charge is 0.480 e. The minimum atomic E-state index is -0.761. The zero-order valence-corrected chi connectivity index (χ0v) is 12.7. The standard InChI is InChI=1S/C16H25NO2/c1-6-14(5)17(10-16(18)19)9-15-12(3)7-11(2)8-13(15)4/h7-8,14H,6,9-10H2,1-5H3,(H,18,19). The van der Waals surface area contributed by atoms with Crippen molar-refractivity contribution in [1.82, 2.24) is 4.90 Å². The Hall–Kier alpha value is -1.35. The van der Waals surface area contributed by atoms with Crippen molar-refractivity contribution >= 4 is 5.97 Å². The minimum absolute atomic E-state index is 0.0990. The summed E-state index contributed by atoms with van der Waals surface area (Å²) < 4.78 is 0. The van der Waals surface area contributed by atoms with Crippen molar-refractivity contribution < 1.29 is 9.90 Å². The maximum atomic E-state index is 11.0. The summed E-state index contributed by atoms with van der Waals surface area (Å²) in [5.74, 6) is -0.761. The highest BCUT2D eigenvalue weighted by Crippen LogP contribution is 2.20. The van der Waals surface area contributed by atoms with E-state index in [1.807, 2.05) is 4.90 Å². The molecule has 0 bridgehead atoms. The summed E-state index contributed by atoms with van der Waals surface area (Å²) >= 11 is 0. The number of aryl methyl sites for hydroxylation is 3. The maximum absolute atomic E-state index is 11.0. The fourth-order valence-electron chi connectivity index (χ4n) is 2.46. The Labute approximate surface area is 116 Å². The van der Waals surface area contributed by atoms with Gasteiger partial charge >= 0.3 is 5.97 Å². The molecule has 0 heterocycles. The molecule has 3 nitrogen and oxygen atoms in total. The molecule has 0 aliphatic rings. The molecule has 106 valence electrons. The Morgan fingerprint density at radius 1 is 1.26 bits per heavy atom. The van der Waals surface area contributed by atoms with E-state index in [-0.39, 0.29) is 12.6 Å². The number of nitrogens with zero attached hydrogens (tertiary/aromatic N) is 1. The first-order valence-electron chi connectivity index (χ1n) is 6.87. The zero-order chi connectivity index (χ0) is 14.6. The lowest BCUT2D eigenvalue weighted by Crippen LogP contribution is -2.36. The van der Waals surface area contributed by atoms with Gasteiger partial charge in [-0.3, -0.25) is 9.69 Å². The SMILES string of the molecule is CCC(C)N(CC(=O)O)Cc1c(C)cc(C)cc1C. The van der Waals surface area contributed by atoms with E-state index in [9.17, 15) is 4.79 Å². The highest BCUT2D eigenvalue weighted by molar-refractivity contribution is 5.69. The number of hydrogen-bond donors (Lipinski definition) is 1. The van der Waals surface area contributed by atoms with Crippen molar-refractivity contribution in [2.24, 2.45) is 0 Å². The van der Waals surface area contributed by atoms with E-state index < -0.39 is 5.97 Å². The van der Waals surface area contributed by atoms with Crippen molar-refractivity contribution in [3.8, 4) is 0 Å². The molecule has 1 atom stereocenters. The molecule has 3 heteroatoms. The van der Waals surface area contributed by atoms with E-state index in [0.717, 1.165) is 6.42 Å². The lowest BCUT2D eigenvalue weighted by atomic mass is 9.99. The van der Waals surface area contributed by atoms with Crippen LogP contribution in [0.2, 0.25) is 0 Å². The van der Waals surface area contributed by atoms with Crippen molar-refractivity contribution in [3.05, 3.63) is 34.4 Å². The van der Waals surface area contributed by atoms with Crippen LogP contribution >= 0.6 is 0 Å². The van der Waals surface area contributed by atoms with E-state index in [0.29, 0.717) is 6.54 Å². The van der Waals surface area contributed by atoms with Crippen molar-refractivity contribution in [3.63, 3.8) is 0 Å². The van der Waals surface area contributed by atoms with Crippen LogP contribution in [0.25, 0.3) is 0 Å². The lowest BCUT2D eigenvalue weighted by Gasteiger charge is -2.28. The molecular weight excluding hydrogens is 238 g/mol. The van der Waals surface area contributed by atoms with Crippen molar-refractivity contribution in [2.45, 2.75) is 53.6 Å². The Morgan fingerprint density at radius 2 is 1.79 bits per heavy atom. The Kier molecular flexibility index (Phi) is 5.55. The quantitative estimate of drug-likeness (QED) is 0.856. The predicted octanol–water partition coefficient (Wildman–Crippen LogP) is 3.30. The third-order valence-electron chi connectivity index (χ3n) is 3.75. The Bertz CT molecular complexity index is 431. The van der Waals surface area contributed by atoms with Crippen LogP contribution in [0.5, 0.6) is 0 Å². The van der Waals surface area contributed by atoms with Gasteiger partial charge in [0.15, 0.2) is 0 Å². The van der Waals surface area contributed by atoms with Gasteiger partial charge in [-0.25, -0.2) is 0 Å². The lowest BCUT2D eigenvalue weighted by molar-refractivity contribution is -0.139.